The molecule has 3 rings (SSSR count). The van der Waals surface area contributed by atoms with Crippen molar-refractivity contribution < 1.29 is 9.53 Å². The summed E-state index contributed by atoms with van der Waals surface area (Å²) in [7, 11) is 5.89. The number of nitrogens with zero attached hydrogens (tertiary/aromatic N) is 2. The molecule has 0 radical (unpaired) electrons. The molecule has 1 N–H and O–H groups in total. The zero-order chi connectivity index (χ0) is 15.4. The summed E-state index contributed by atoms with van der Waals surface area (Å²) in [6, 6.07) is 4.18. The van der Waals surface area contributed by atoms with Gasteiger partial charge in [-0.05, 0) is 43.7 Å². The lowest BCUT2D eigenvalue weighted by Gasteiger charge is -2.32. The van der Waals surface area contributed by atoms with E-state index in [1.807, 2.05) is 6.92 Å². The van der Waals surface area contributed by atoms with E-state index in [1.165, 1.54) is 11.3 Å². The van der Waals surface area contributed by atoms with E-state index in [0.29, 0.717) is 11.9 Å². The Labute approximate surface area is 125 Å². The summed E-state index contributed by atoms with van der Waals surface area (Å²) >= 11 is 0. The smallest absolute Gasteiger partial charge is 0.410 e. The van der Waals surface area contributed by atoms with Crippen LogP contribution in [-0.2, 0) is 5.41 Å². The molecule has 2 heterocycles. The number of rotatable bonds is 1. The second kappa shape index (κ2) is 4.63. The Balaban J connectivity index is 2.07. The summed E-state index contributed by atoms with van der Waals surface area (Å²) in [5.41, 5.74) is 3.60. The topological polar surface area (TPSA) is 44.8 Å². The maximum Gasteiger partial charge on any atom is 0.412 e. The first kappa shape index (κ1) is 14.2. The minimum atomic E-state index is -0.422. The van der Waals surface area contributed by atoms with E-state index < -0.39 is 6.09 Å². The molecule has 1 saturated heterocycles. The van der Waals surface area contributed by atoms with Crippen LogP contribution in [0.5, 0.6) is 5.75 Å². The van der Waals surface area contributed by atoms with Crippen molar-refractivity contribution in [3.05, 3.63) is 23.3 Å². The molecule has 21 heavy (non-hydrogen) atoms. The Morgan fingerprint density at radius 2 is 2.14 bits per heavy atom. The van der Waals surface area contributed by atoms with Crippen molar-refractivity contribution in [3.63, 3.8) is 0 Å². The van der Waals surface area contributed by atoms with Gasteiger partial charge >= 0.3 is 6.09 Å². The molecule has 1 amide bonds. The lowest BCUT2D eigenvalue weighted by molar-refractivity contribution is 0.202. The summed E-state index contributed by atoms with van der Waals surface area (Å²) in [5, 5.41) is 2.50. The predicted octanol–water partition coefficient (Wildman–Crippen LogP) is 2.08. The van der Waals surface area contributed by atoms with Crippen molar-refractivity contribution in [2.75, 3.05) is 32.6 Å². The standard InChI is InChI=1S/C16H23N3O2/c1-10-8-12-11(9-13(10)21-15(20)17-3)16(2)6-7-18(4)14(16)19(12)5/h8-9,14H,6-7H2,1-5H3,(H,17,20)/t14-,16+/m1/s1. The molecule has 0 bridgehead atoms. The molecule has 1 aromatic rings. The van der Waals surface area contributed by atoms with Crippen LogP contribution in [0.2, 0.25) is 0 Å². The molecule has 5 nitrogen and oxygen atoms in total. The number of likely N-dealkylation sites (tertiary alicyclic amines) is 1. The molecular weight excluding hydrogens is 266 g/mol. The lowest BCUT2D eigenvalue weighted by Crippen LogP contribution is -2.45. The van der Waals surface area contributed by atoms with Crippen LogP contribution in [0.4, 0.5) is 10.5 Å². The zero-order valence-electron chi connectivity index (χ0n) is 13.4. The number of carbonyl (C=O) groups excluding carboxylic acids is 1. The molecule has 1 aromatic carbocycles. The Hall–Kier alpha value is -1.75. The molecule has 0 spiro atoms. The van der Waals surface area contributed by atoms with Gasteiger partial charge in [0, 0.05) is 31.7 Å². The van der Waals surface area contributed by atoms with Crippen LogP contribution in [0, 0.1) is 6.92 Å². The van der Waals surface area contributed by atoms with Crippen LogP contribution in [-0.4, -0.2) is 44.8 Å². The molecule has 2 aliphatic rings. The number of aryl methyl sites for hydroxylation is 1. The number of hydrogen-bond acceptors (Lipinski definition) is 4. The highest BCUT2D eigenvalue weighted by molar-refractivity contribution is 5.73. The van der Waals surface area contributed by atoms with Gasteiger partial charge in [-0.2, -0.15) is 0 Å². The quantitative estimate of drug-likeness (QED) is 0.860. The molecule has 114 valence electrons. The second-order valence-corrected chi connectivity index (χ2v) is 6.41. The average Bonchev–Trinajstić information content (AvgIpc) is 2.86. The van der Waals surface area contributed by atoms with Crippen LogP contribution in [0.25, 0.3) is 0 Å². The van der Waals surface area contributed by atoms with E-state index in [-0.39, 0.29) is 5.41 Å². The molecule has 0 aromatic heterocycles. The van der Waals surface area contributed by atoms with Crippen LogP contribution in [0.1, 0.15) is 24.5 Å². The number of likely N-dealkylation sites (N-methyl/N-ethyl adjacent to an activating group) is 2. The summed E-state index contributed by atoms with van der Waals surface area (Å²) in [5.74, 6) is 0.651. The fraction of sp³-hybridized carbons (Fsp3) is 0.562. The van der Waals surface area contributed by atoms with Gasteiger partial charge in [-0.1, -0.05) is 6.92 Å². The normalized spacial score (nSPS) is 27.5. The van der Waals surface area contributed by atoms with Gasteiger partial charge in [0.05, 0.1) is 6.17 Å². The van der Waals surface area contributed by atoms with Gasteiger partial charge in [0.15, 0.2) is 0 Å². The number of carbonyl (C=O) groups is 1. The number of benzene rings is 1. The number of nitrogens with one attached hydrogen (secondary N) is 1. The minimum absolute atomic E-state index is 0.0906. The van der Waals surface area contributed by atoms with Gasteiger partial charge < -0.3 is 15.0 Å². The van der Waals surface area contributed by atoms with Crippen LogP contribution < -0.4 is 15.0 Å². The van der Waals surface area contributed by atoms with Gasteiger partial charge in [0.25, 0.3) is 0 Å². The summed E-state index contributed by atoms with van der Waals surface area (Å²) in [4.78, 5) is 16.2. The van der Waals surface area contributed by atoms with E-state index in [4.69, 9.17) is 4.74 Å². The van der Waals surface area contributed by atoms with Crippen LogP contribution in [0.15, 0.2) is 12.1 Å². The van der Waals surface area contributed by atoms with Crippen molar-refractivity contribution in [2.24, 2.45) is 0 Å². The molecule has 0 saturated carbocycles. The van der Waals surface area contributed by atoms with Gasteiger partial charge in [-0.15, -0.1) is 0 Å². The maximum absolute atomic E-state index is 11.5. The number of ether oxygens (including phenoxy) is 1. The summed E-state index contributed by atoms with van der Waals surface area (Å²) < 4.78 is 5.39. The van der Waals surface area contributed by atoms with Gasteiger partial charge in [0.2, 0.25) is 0 Å². The minimum Gasteiger partial charge on any atom is -0.410 e. The number of hydrogen-bond donors (Lipinski definition) is 1. The predicted molar refractivity (Wildman–Crippen MR) is 83.1 cm³/mol. The molecule has 2 atom stereocenters. The molecule has 2 aliphatic heterocycles. The van der Waals surface area contributed by atoms with Crippen LogP contribution in [0.3, 0.4) is 0 Å². The van der Waals surface area contributed by atoms with E-state index in [2.05, 4.69) is 48.3 Å². The highest BCUT2D eigenvalue weighted by Crippen LogP contribution is 2.52. The fourth-order valence-corrected chi connectivity index (χ4v) is 3.96. The van der Waals surface area contributed by atoms with E-state index in [1.54, 1.807) is 7.05 Å². The highest BCUT2D eigenvalue weighted by Gasteiger charge is 2.52. The fourth-order valence-electron chi connectivity index (χ4n) is 3.96. The number of amides is 1. The van der Waals surface area contributed by atoms with Crippen molar-refractivity contribution in [3.8, 4) is 5.75 Å². The first-order valence-electron chi connectivity index (χ1n) is 7.36. The van der Waals surface area contributed by atoms with E-state index >= 15 is 0 Å². The van der Waals surface area contributed by atoms with Crippen LogP contribution >= 0.6 is 0 Å². The van der Waals surface area contributed by atoms with Crippen molar-refractivity contribution >= 4 is 11.8 Å². The monoisotopic (exact) mass is 289 g/mol. The molecule has 5 heteroatoms. The number of anilines is 1. The third-order valence-electron chi connectivity index (χ3n) is 5.03. The Morgan fingerprint density at radius 3 is 2.81 bits per heavy atom. The van der Waals surface area contributed by atoms with E-state index in [9.17, 15) is 4.79 Å². The molecule has 0 unspecified atom stereocenters. The number of fused-ring (bicyclic) bond motifs is 3. The summed E-state index contributed by atoms with van der Waals surface area (Å²) in [6.07, 6.45) is 1.07. The molecule has 0 aliphatic carbocycles. The third kappa shape index (κ3) is 1.91. The van der Waals surface area contributed by atoms with E-state index in [0.717, 1.165) is 18.5 Å². The highest BCUT2D eigenvalue weighted by atomic mass is 16.6. The molecular formula is C16H23N3O2. The van der Waals surface area contributed by atoms with Crippen molar-refractivity contribution in [1.29, 1.82) is 0 Å². The maximum atomic E-state index is 11.5. The van der Waals surface area contributed by atoms with Gasteiger partial charge in [-0.25, -0.2) is 4.79 Å². The van der Waals surface area contributed by atoms with Gasteiger partial charge in [-0.3, -0.25) is 4.90 Å². The zero-order valence-corrected chi connectivity index (χ0v) is 13.4. The summed E-state index contributed by atoms with van der Waals surface area (Å²) in [6.45, 7) is 5.37. The second-order valence-electron chi connectivity index (χ2n) is 6.41. The van der Waals surface area contributed by atoms with Gasteiger partial charge in [0.1, 0.15) is 5.75 Å². The first-order chi connectivity index (χ1) is 9.88. The molecule has 1 fully saturated rings. The van der Waals surface area contributed by atoms with Crippen molar-refractivity contribution in [1.82, 2.24) is 10.2 Å². The third-order valence-corrected chi connectivity index (χ3v) is 5.03. The first-order valence-corrected chi connectivity index (χ1v) is 7.36. The Bertz CT molecular complexity index is 601. The van der Waals surface area contributed by atoms with Crippen molar-refractivity contribution in [2.45, 2.75) is 31.8 Å². The largest absolute Gasteiger partial charge is 0.412 e. The average molecular weight is 289 g/mol. The Morgan fingerprint density at radius 1 is 1.43 bits per heavy atom. The lowest BCUT2D eigenvalue weighted by atomic mass is 9.81. The SMILES string of the molecule is CNC(=O)Oc1cc2c(cc1C)N(C)[C@H]1N(C)CC[C@@]21C. The Kier molecular flexibility index (Phi) is 3.13.